The molecule has 0 amide bonds. The molecular weight excluding hydrogens is 1080 g/mol. The maximum Gasteiger partial charge on any atom is 0.220 e. The van der Waals surface area contributed by atoms with Crippen LogP contribution in [0.2, 0.25) is 0 Å². The van der Waals surface area contributed by atoms with Gasteiger partial charge in [-0.25, -0.2) is 9.98 Å². The highest BCUT2D eigenvalue weighted by atomic mass is 15.3. The summed E-state index contributed by atoms with van der Waals surface area (Å²) in [4.78, 5) is 14.2. The van der Waals surface area contributed by atoms with E-state index in [4.69, 9.17) is 9.98 Å². The van der Waals surface area contributed by atoms with E-state index in [9.17, 15) is 0 Å². The molecule has 89 heavy (non-hydrogen) atoms. The van der Waals surface area contributed by atoms with Crippen molar-refractivity contribution in [1.29, 1.82) is 0 Å². The number of imidazole rings is 2. The molecule has 7 nitrogen and oxygen atoms in total. The predicted octanol–water partition coefficient (Wildman–Crippen LogP) is 20.9. The van der Waals surface area contributed by atoms with Crippen LogP contribution in [0.4, 0.5) is 17.1 Å². The number of fused-ring (bicyclic) bond motifs is 16. The zero-order valence-electron chi connectivity index (χ0n) is 48.5. The molecule has 0 saturated carbocycles. The van der Waals surface area contributed by atoms with Gasteiger partial charge in [0, 0.05) is 27.1 Å². The van der Waals surface area contributed by atoms with Gasteiger partial charge in [-0.05, 0) is 141 Å². The Balaban J connectivity index is 0.990. The van der Waals surface area contributed by atoms with Crippen LogP contribution in [-0.2, 0) is 0 Å². The van der Waals surface area contributed by atoms with Crippen molar-refractivity contribution >= 4 is 94.4 Å². The van der Waals surface area contributed by atoms with E-state index in [2.05, 4.69) is 327 Å². The zero-order chi connectivity index (χ0) is 58.4. The molecule has 2 aliphatic rings. The number of hydrogen-bond acceptors (Lipinski definition) is 3. The SMILES string of the molecule is Cc1c(N2C3=Nc4ccc(-c5ccccc5)cc4C3c3cc(-c4ccccc4)ccc32)c(-n2c3ccccc3c3ccccc32)cc(-n2c3ccccc3c3ccccc32)c1-n1c2ccc(-c3ccccc3)cc2n2c3cc(-c4ccccc4)ccc3nc12. The van der Waals surface area contributed by atoms with Crippen LogP contribution in [-0.4, -0.2) is 28.9 Å². The summed E-state index contributed by atoms with van der Waals surface area (Å²) in [6, 6.07) is 109. The third-order valence-electron chi connectivity index (χ3n) is 18.9. The maximum atomic E-state index is 5.86. The second-order valence-corrected chi connectivity index (χ2v) is 23.7. The van der Waals surface area contributed by atoms with Crippen molar-refractivity contribution in [1.82, 2.24) is 23.1 Å². The minimum absolute atomic E-state index is 0.176. The maximum absolute atomic E-state index is 5.86. The zero-order valence-corrected chi connectivity index (χ0v) is 48.5. The lowest BCUT2D eigenvalue weighted by Gasteiger charge is -2.30. The molecular formula is C82H53N7. The van der Waals surface area contributed by atoms with Crippen LogP contribution in [0.25, 0.3) is 133 Å². The standard InChI is InChI=1S/C82H53N7/c1-51-79(88-72-44-40-57(53-24-8-3-9-25-53)47-65(72)78-64-46-56(52-22-6-2-7-23-52)38-42-66(64)83-81(78)88)76(85-68-34-18-14-30-60(68)61-31-15-19-35-69(61)85)50-77(86-70-36-20-16-32-62(70)63-33-17-21-37-71(63)86)80(51)89-73-45-41-59(55-28-12-5-13-29-55)49-75(73)87-74-48-58(54-26-10-4-11-27-54)39-43-67(74)84-82(87)89/h2-50,78H,1H3. The fraction of sp³-hybridized carbons (Fsp3) is 0.0244. The number of benzene rings is 13. The lowest BCUT2D eigenvalue weighted by Crippen LogP contribution is -2.26. The van der Waals surface area contributed by atoms with Gasteiger partial charge < -0.3 is 9.13 Å². The largest absolute Gasteiger partial charge is 0.307 e. The molecule has 1 unspecified atom stereocenters. The van der Waals surface area contributed by atoms with Gasteiger partial charge in [0.2, 0.25) is 5.78 Å². The van der Waals surface area contributed by atoms with E-state index >= 15 is 0 Å². The van der Waals surface area contributed by atoms with Crippen molar-refractivity contribution in [2.45, 2.75) is 12.8 Å². The lowest BCUT2D eigenvalue weighted by molar-refractivity contribution is 1.03. The van der Waals surface area contributed by atoms with Gasteiger partial charge in [-0.3, -0.25) is 13.9 Å². The van der Waals surface area contributed by atoms with E-state index in [1.165, 1.54) is 49.4 Å². The molecule has 0 bridgehead atoms. The first kappa shape index (κ1) is 49.5. The van der Waals surface area contributed by atoms with Gasteiger partial charge in [0.15, 0.2) is 0 Å². The monoisotopic (exact) mass is 1140 g/mol. The second kappa shape index (κ2) is 19.1. The van der Waals surface area contributed by atoms with E-state index in [0.717, 1.165) is 123 Å². The summed E-state index contributed by atoms with van der Waals surface area (Å²) < 4.78 is 9.93. The fourth-order valence-corrected chi connectivity index (χ4v) is 15.0. The number of para-hydroxylation sites is 4. The smallest absolute Gasteiger partial charge is 0.220 e. The molecule has 0 N–H and O–H groups in total. The third-order valence-corrected chi connectivity index (χ3v) is 18.9. The summed E-state index contributed by atoms with van der Waals surface area (Å²) in [6.07, 6.45) is 0. The van der Waals surface area contributed by atoms with E-state index in [1.807, 2.05) is 0 Å². The first-order valence-electron chi connectivity index (χ1n) is 30.6. The van der Waals surface area contributed by atoms with Crippen molar-refractivity contribution in [3.05, 3.63) is 314 Å². The van der Waals surface area contributed by atoms with E-state index < -0.39 is 0 Å². The number of amidine groups is 1. The first-order valence-corrected chi connectivity index (χ1v) is 30.6. The molecule has 0 aliphatic carbocycles. The minimum atomic E-state index is -0.176. The Bertz CT molecular complexity index is 5700. The van der Waals surface area contributed by atoms with Crippen LogP contribution in [0.1, 0.15) is 22.6 Å². The van der Waals surface area contributed by atoms with Crippen LogP contribution < -0.4 is 4.90 Å². The molecule has 2 aliphatic heterocycles. The van der Waals surface area contributed by atoms with Crippen molar-refractivity contribution in [3.63, 3.8) is 0 Å². The highest BCUT2D eigenvalue weighted by molar-refractivity contribution is 6.21. The lowest BCUT2D eigenvalue weighted by atomic mass is 9.89. The molecule has 0 saturated heterocycles. The van der Waals surface area contributed by atoms with Crippen LogP contribution in [0, 0.1) is 6.92 Å². The minimum Gasteiger partial charge on any atom is -0.307 e. The molecule has 1 atom stereocenters. The Morgan fingerprint density at radius 1 is 0.303 bits per heavy atom. The molecule has 0 radical (unpaired) electrons. The van der Waals surface area contributed by atoms with Gasteiger partial charge in [-0.2, -0.15) is 0 Å². The van der Waals surface area contributed by atoms with Gasteiger partial charge in [-0.15, -0.1) is 0 Å². The predicted molar refractivity (Wildman–Crippen MR) is 369 cm³/mol. The van der Waals surface area contributed by atoms with Gasteiger partial charge in [-0.1, -0.05) is 218 Å². The Morgan fingerprint density at radius 2 is 0.730 bits per heavy atom. The highest BCUT2D eigenvalue weighted by Crippen LogP contribution is 2.57. The average molecular weight is 1140 g/mol. The number of nitrogens with zero attached hydrogens (tertiary/aromatic N) is 7. The molecule has 17 aromatic rings. The summed E-state index contributed by atoms with van der Waals surface area (Å²) >= 11 is 0. The molecule has 13 aromatic carbocycles. The Labute approximate surface area is 512 Å². The number of aliphatic imine (C=N–C) groups is 1. The molecule has 19 rings (SSSR count). The van der Waals surface area contributed by atoms with E-state index in [1.54, 1.807) is 0 Å². The van der Waals surface area contributed by atoms with Crippen LogP contribution in [0.5, 0.6) is 0 Å². The average Bonchev–Trinajstić information content (AvgIpc) is 1.58. The summed E-state index contributed by atoms with van der Waals surface area (Å²) in [5.41, 5.74) is 27.4. The first-order chi connectivity index (χ1) is 44.1. The number of hydrogen-bond donors (Lipinski definition) is 0. The molecule has 0 fully saturated rings. The Morgan fingerprint density at radius 3 is 1.26 bits per heavy atom. The van der Waals surface area contributed by atoms with Crippen molar-refractivity contribution in [2.75, 3.05) is 4.90 Å². The van der Waals surface area contributed by atoms with Gasteiger partial charge in [0.05, 0.1) is 84.2 Å². The second-order valence-electron chi connectivity index (χ2n) is 23.7. The van der Waals surface area contributed by atoms with Crippen LogP contribution in [0.15, 0.2) is 302 Å². The molecule has 416 valence electrons. The van der Waals surface area contributed by atoms with Crippen LogP contribution in [0.3, 0.4) is 0 Å². The normalized spacial score (nSPS) is 13.6. The van der Waals surface area contributed by atoms with E-state index in [0.29, 0.717) is 0 Å². The molecule has 6 heterocycles. The summed E-state index contributed by atoms with van der Waals surface area (Å²) in [5.74, 6) is 1.61. The highest BCUT2D eigenvalue weighted by Gasteiger charge is 2.45. The quantitative estimate of drug-likeness (QED) is 0.152. The molecule has 7 heteroatoms. The number of aromatic nitrogens is 5. The topological polar surface area (TPSA) is 47.7 Å². The van der Waals surface area contributed by atoms with Crippen molar-refractivity contribution in [2.24, 2.45) is 4.99 Å². The van der Waals surface area contributed by atoms with Gasteiger partial charge in [0.1, 0.15) is 5.84 Å². The summed E-state index contributed by atoms with van der Waals surface area (Å²) in [7, 11) is 0. The van der Waals surface area contributed by atoms with Gasteiger partial charge >= 0.3 is 0 Å². The molecule has 4 aromatic heterocycles. The van der Waals surface area contributed by atoms with Gasteiger partial charge in [0.25, 0.3) is 0 Å². The number of rotatable bonds is 8. The summed E-state index contributed by atoms with van der Waals surface area (Å²) in [6.45, 7) is 2.36. The van der Waals surface area contributed by atoms with Crippen molar-refractivity contribution in [3.8, 4) is 61.6 Å². The van der Waals surface area contributed by atoms with Crippen molar-refractivity contribution < 1.29 is 0 Å². The van der Waals surface area contributed by atoms with E-state index in [-0.39, 0.29) is 5.92 Å². The molecule has 0 spiro atoms. The summed E-state index contributed by atoms with van der Waals surface area (Å²) in [5, 5.41) is 4.74. The van der Waals surface area contributed by atoms with Crippen LogP contribution >= 0.6 is 0 Å². The fourth-order valence-electron chi connectivity index (χ4n) is 15.0. The Kier molecular flexibility index (Phi) is 10.6. The number of anilines is 2. The Hall–Kier alpha value is -11.8. The third kappa shape index (κ3) is 7.27.